The molecule has 0 aliphatic carbocycles. The van der Waals surface area contributed by atoms with Gasteiger partial charge in [0.05, 0.1) is 27.3 Å². The lowest BCUT2D eigenvalue weighted by Gasteiger charge is -2.24. The molecule has 0 N–H and O–H groups in total. The average Bonchev–Trinajstić information content (AvgIpc) is 2.32. The van der Waals surface area contributed by atoms with Gasteiger partial charge in [0, 0.05) is 6.15 Å². The summed E-state index contributed by atoms with van der Waals surface area (Å²) in [5, 5.41) is 0. The van der Waals surface area contributed by atoms with Gasteiger partial charge in [-0.15, -0.1) is 0 Å². The summed E-state index contributed by atoms with van der Waals surface area (Å²) in [5.74, 6) is 0. The minimum atomic E-state index is -0.406. The van der Waals surface area contributed by atoms with E-state index in [1.165, 1.54) is 11.0 Å². The van der Waals surface area contributed by atoms with Crippen molar-refractivity contribution in [3.8, 4) is 0 Å². The number of quaternary nitrogens is 1. The molecule has 0 amide bonds. The zero-order valence-corrected chi connectivity index (χ0v) is 13.8. The number of rotatable bonds is 5. The second-order valence-corrected chi connectivity index (χ2v) is 7.47. The quantitative estimate of drug-likeness (QED) is 0.430. The predicted octanol–water partition coefficient (Wildman–Crippen LogP) is 4.02. The van der Waals surface area contributed by atoms with Crippen LogP contribution in [0.1, 0.15) is 5.56 Å². The molecule has 108 valence electrons. The standard InChI is InChI=1S/C18H28BN/c1-19(2,3)18-14-12-17(13-15-18)11-9-7-8-10-16-20(4,5)6/h7-16H,1-6H3/b8-7+,11-9+,16-10+. The molecule has 1 nitrogen and oxygen atoms in total. The van der Waals surface area contributed by atoms with E-state index < -0.39 is 6.15 Å². The summed E-state index contributed by atoms with van der Waals surface area (Å²) in [6, 6.07) is 8.85. The first-order valence-electron chi connectivity index (χ1n) is 7.40. The van der Waals surface area contributed by atoms with Crippen LogP contribution in [0.2, 0.25) is 20.5 Å². The number of benzene rings is 1. The van der Waals surface area contributed by atoms with Crippen molar-refractivity contribution >= 4 is 17.7 Å². The van der Waals surface area contributed by atoms with Gasteiger partial charge < -0.3 is 4.48 Å². The molecule has 0 bridgehead atoms. The Balaban J connectivity index is 2.59. The number of nitrogens with zero attached hydrogens (tertiary/aromatic N) is 1. The summed E-state index contributed by atoms with van der Waals surface area (Å²) >= 11 is 0. The molecule has 0 unspecified atom stereocenters. The fourth-order valence-corrected chi connectivity index (χ4v) is 1.79. The topological polar surface area (TPSA) is 0 Å². The molecule has 1 rings (SSSR count). The highest BCUT2D eigenvalue weighted by molar-refractivity contribution is 6.88. The van der Waals surface area contributed by atoms with E-state index in [9.17, 15) is 0 Å². The average molecular weight is 269 g/mol. The molecular formula is C18H28BN. The van der Waals surface area contributed by atoms with Gasteiger partial charge in [-0.2, -0.15) is 20.5 Å². The molecule has 1 aromatic carbocycles. The zero-order chi connectivity index (χ0) is 15.2. The lowest BCUT2D eigenvalue weighted by Crippen LogP contribution is -2.37. The van der Waals surface area contributed by atoms with Crippen molar-refractivity contribution in [2.45, 2.75) is 20.5 Å². The molecule has 0 aromatic heterocycles. The molecule has 0 aliphatic rings. The van der Waals surface area contributed by atoms with Gasteiger partial charge >= 0.3 is 0 Å². The van der Waals surface area contributed by atoms with Crippen molar-refractivity contribution in [1.29, 1.82) is 0 Å². The maximum absolute atomic E-state index is 2.30. The molecule has 0 spiro atoms. The van der Waals surface area contributed by atoms with Gasteiger partial charge in [0.2, 0.25) is 0 Å². The van der Waals surface area contributed by atoms with E-state index in [2.05, 4.69) is 102 Å². The van der Waals surface area contributed by atoms with Gasteiger partial charge in [0.25, 0.3) is 0 Å². The van der Waals surface area contributed by atoms with Crippen LogP contribution in [-0.4, -0.2) is 31.8 Å². The summed E-state index contributed by atoms with van der Waals surface area (Å²) in [4.78, 5) is 0. The molecule has 0 radical (unpaired) electrons. The number of hydrogen-bond donors (Lipinski definition) is 0. The lowest BCUT2D eigenvalue weighted by atomic mass is 9.27. The first-order chi connectivity index (χ1) is 9.18. The Kier molecular flexibility index (Phi) is 5.58. The van der Waals surface area contributed by atoms with Crippen LogP contribution in [0.5, 0.6) is 0 Å². The molecule has 0 heterocycles. The van der Waals surface area contributed by atoms with Crippen LogP contribution in [0.4, 0.5) is 0 Å². The Morgan fingerprint density at radius 1 is 0.800 bits per heavy atom. The largest absolute Gasteiger partial charge is 0.305 e. The van der Waals surface area contributed by atoms with Gasteiger partial charge in [-0.25, -0.2) is 5.46 Å². The van der Waals surface area contributed by atoms with Crippen LogP contribution in [0.3, 0.4) is 0 Å². The van der Waals surface area contributed by atoms with Crippen LogP contribution in [0.25, 0.3) is 6.08 Å². The minimum absolute atomic E-state index is 0.406. The van der Waals surface area contributed by atoms with E-state index in [0.717, 1.165) is 4.48 Å². The highest BCUT2D eigenvalue weighted by atomic mass is 15.3. The molecule has 0 saturated carbocycles. The van der Waals surface area contributed by atoms with Gasteiger partial charge in [-0.1, -0.05) is 48.6 Å². The third kappa shape index (κ3) is 6.58. The van der Waals surface area contributed by atoms with Crippen molar-refractivity contribution in [2.24, 2.45) is 0 Å². The van der Waals surface area contributed by atoms with Crippen molar-refractivity contribution in [2.75, 3.05) is 21.1 Å². The van der Waals surface area contributed by atoms with Gasteiger partial charge in [-0.3, -0.25) is 0 Å². The summed E-state index contributed by atoms with van der Waals surface area (Å²) in [6.45, 7) is 6.90. The van der Waals surface area contributed by atoms with Crippen LogP contribution in [0, 0.1) is 0 Å². The molecule has 0 aliphatic heterocycles. The van der Waals surface area contributed by atoms with Gasteiger partial charge in [0.1, 0.15) is 0 Å². The lowest BCUT2D eigenvalue weighted by molar-refractivity contribution is -0.817. The summed E-state index contributed by atoms with van der Waals surface area (Å²) in [7, 11) is 6.41. The molecule has 0 atom stereocenters. The minimum Gasteiger partial charge on any atom is -0.305 e. The van der Waals surface area contributed by atoms with E-state index >= 15 is 0 Å². The summed E-state index contributed by atoms with van der Waals surface area (Å²) in [5.41, 5.74) is 2.68. The maximum atomic E-state index is 2.30. The first-order valence-corrected chi connectivity index (χ1v) is 7.40. The number of hydrogen-bond acceptors (Lipinski definition) is 0. The Morgan fingerprint density at radius 2 is 1.35 bits per heavy atom. The Bertz CT molecular complexity index is 494. The van der Waals surface area contributed by atoms with Crippen molar-refractivity contribution in [3.63, 3.8) is 0 Å². The highest BCUT2D eigenvalue weighted by Crippen LogP contribution is 2.06. The van der Waals surface area contributed by atoms with E-state index in [1.807, 2.05) is 0 Å². The summed E-state index contributed by atoms with van der Waals surface area (Å²) < 4.78 is 0.837. The normalized spacial score (nSPS) is 13.9. The Labute approximate surface area is 124 Å². The Morgan fingerprint density at radius 3 is 1.85 bits per heavy atom. The van der Waals surface area contributed by atoms with Crippen LogP contribution < -0.4 is 5.46 Å². The van der Waals surface area contributed by atoms with Crippen molar-refractivity contribution in [1.82, 2.24) is 0 Å². The number of allylic oxidation sites excluding steroid dienone is 4. The molecule has 1 aromatic rings. The fraction of sp³-hybridized carbons (Fsp3) is 0.333. The van der Waals surface area contributed by atoms with Gasteiger partial charge in [-0.05, 0) is 11.6 Å². The second kappa shape index (κ2) is 6.76. The maximum Gasteiger partial charge on any atom is 0.0952 e. The molecule has 0 saturated heterocycles. The van der Waals surface area contributed by atoms with Crippen LogP contribution in [0.15, 0.2) is 54.8 Å². The van der Waals surface area contributed by atoms with Crippen molar-refractivity contribution in [3.05, 3.63) is 60.3 Å². The van der Waals surface area contributed by atoms with Crippen LogP contribution >= 0.6 is 0 Å². The third-order valence-corrected chi connectivity index (χ3v) is 3.09. The van der Waals surface area contributed by atoms with Gasteiger partial charge in [0.15, 0.2) is 0 Å². The predicted molar refractivity (Wildman–Crippen MR) is 94.8 cm³/mol. The van der Waals surface area contributed by atoms with E-state index in [1.54, 1.807) is 0 Å². The first kappa shape index (κ1) is 16.5. The summed E-state index contributed by atoms with van der Waals surface area (Å²) in [6.07, 6.45) is 12.2. The van der Waals surface area contributed by atoms with E-state index in [0.29, 0.717) is 0 Å². The molecule has 0 fully saturated rings. The molecule has 20 heavy (non-hydrogen) atoms. The van der Waals surface area contributed by atoms with E-state index in [4.69, 9.17) is 0 Å². The molecular weight excluding hydrogens is 241 g/mol. The van der Waals surface area contributed by atoms with Crippen molar-refractivity contribution < 1.29 is 4.48 Å². The van der Waals surface area contributed by atoms with Crippen LogP contribution in [-0.2, 0) is 0 Å². The SMILES string of the molecule is C[B-](C)(C)c1ccc(/C=C/C=C/C=C/[N+](C)(C)C)cc1. The zero-order valence-electron chi connectivity index (χ0n) is 13.8. The Hall–Kier alpha value is -1.54. The third-order valence-electron chi connectivity index (χ3n) is 3.09. The van der Waals surface area contributed by atoms with E-state index in [-0.39, 0.29) is 0 Å². The molecule has 2 heteroatoms. The smallest absolute Gasteiger partial charge is 0.0952 e. The highest BCUT2D eigenvalue weighted by Gasteiger charge is 2.06. The fourth-order valence-electron chi connectivity index (χ4n) is 1.79. The monoisotopic (exact) mass is 269 g/mol. The second-order valence-electron chi connectivity index (χ2n) is 7.47.